The highest BCUT2D eigenvalue weighted by atomic mass is 19.1. The van der Waals surface area contributed by atoms with Crippen LogP contribution in [0.25, 0.3) is 0 Å². The fraction of sp³-hybridized carbons (Fsp3) is 0. The Morgan fingerprint density at radius 3 is 2.29 bits per heavy atom. The predicted octanol–water partition coefficient (Wildman–Crippen LogP) is 1.83. The van der Waals surface area contributed by atoms with Gasteiger partial charge in [0, 0.05) is 18.0 Å². The zero-order valence-electron chi connectivity index (χ0n) is 8.72. The summed E-state index contributed by atoms with van der Waals surface area (Å²) in [7, 11) is 0. The van der Waals surface area contributed by atoms with E-state index < -0.39 is 0 Å². The number of aromatic nitrogens is 2. The summed E-state index contributed by atoms with van der Waals surface area (Å²) in [5.74, 6) is 5.53. The monoisotopic (exact) mass is 226 g/mol. The zero-order valence-corrected chi connectivity index (χ0v) is 8.72. The van der Waals surface area contributed by atoms with Crippen LogP contribution < -0.4 is 0 Å². The molecule has 2 aromatic rings. The first kappa shape index (κ1) is 11.0. The van der Waals surface area contributed by atoms with Crippen LogP contribution in [0.2, 0.25) is 0 Å². The highest BCUT2D eigenvalue weighted by Crippen LogP contribution is 2.00. The van der Waals surface area contributed by atoms with E-state index in [9.17, 15) is 9.18 Å². The molecule has 2 rings (SSSR count). The maximum Gasteiger partial charge on any atom is 0.205 e. The van der Waals surface area contributed by atoms with E-state index in [1.807, 2.05) is 0 Å². The number of rotatable bonds is 1. The van der Waals surface area contributed by atoms with Crippen LogP contribution in [-0.4, -0.2) is 16.3 Å². The first-order valence-corrected chi connectivity index (χ1v) is 4.83. The molecule has 1 aromatic carbocycles. The number of aldehydes is 1. The molecule has 1 heterocycles. The van der Waals surface area contributed by atoms with Crippen molar-refractivity contribution < 1.29 is 9.18 Å². The van der Waals surface area contributed by atoms with Crippen molar-refractivity contribution in [2.75, 3.05) is 0 Å². The molecule has 0 N–H and O–H groups in total. The minimum Gasteiger partial charge on any atom is -0.298 e. The van der Waals surface area contributed by atoms with Gasteiger partial charge in [-0.3, -0.25) is 4.79 Å². The van der Waals surface area contributed by atoms with Gasteiger partial charge in [-0.25, -0.2) is 14.4 Å². The summed E-state index contributed by atoms with van der Waals surface area (Å²) in [5, 5.41) is 0. The van der Waals surface area contributed by atoms with Crippen molar-refractivity contribution in [1.29, 1.82) is 0 Å². The summed E-state index contributed by atoms with van der Waals surface area (Å²) in [6.07, 6.45) is 3.46. The van der Waals surface area contributed by atoms with Gasteiger partial charge in [-0.15, -0.1) is 0 Å². The van der Waals surface area contributed by atoms with Gasteiger partial charge in [-0.2, -0.15) is 0 Å². The van der Waals surface area contributed by atoms with Gasteiger partial charge in [0.15, 0.2) is 6.29 Å². The lowest BCUT2D eigenvalue weighted by Gasteiger charge is -1.90. The van der Waals surface area contributed by atoms with Crippen LogP contribution in [0, 0.1) is 17.7 Å². The third-order valence-corrected chi connectivity index (χ3v) is 1.97. The minimum atomic E-state index is -0.304. The molecule has 3 nitrogen and oxygen atoms in total. The molecule has 0 fully saturated rings. The Morgan fingerprint density at radius 2 is 1.71 bits per heavy atom. The van der Waals surface area contributed by atoms with Crippen LogP contribution in [0.3, 0.4) is 0 Å². The Bertz CT molecular complexity index is 580. The minimum absolute atomic E-state index is 0.304. The molecule has 4 heteroatoms. The van der Waals surface area contributed by atoms with Gasteiger partial charge in [-0.05, 0) is 30.2 Å². The second-order valence-electron chi connectivity index (χ2n) is 3.21. The van der Waals surface area contributed by atoms with E-state index in [1.54, 1.807) is 12.1 Å². The normalized spacial score (nSPS) is 9.24. The first-order chi connectivity index (χ1) is 8.28. The Kier molecular flexibility index (Phi) is 3.22. The number of benzene rings is 1. The molecule has 0 aliphatic rings. The van der Waals surface area contributed by atoms with Gasteiger partial charge in [0.25, 0.3) is 0 Å². The molecular weight excluding hydrogens is 219 g/mol. The molecule has 0 bridgehead atoms. The highest BCUT2D eigenvalue weighted by molar-refractivity contribution is 5.73. The summed E-state index contributed by atoms with van der Waals surface area (Å²) in [6, 6.07) is 5.81. The number of nitrogens with zero attached hydrogens (tertiary/aromatic N) is 2. The molecule has 1 aromatic heterocycles. The molecular formula is C13H7FN2O. The third kappa shape index (κ3) is 2.95. The smallest absolute Gasteiger partial charge is 0.205 e. The Hall–Kier alpha value is -2.54. The molecule has 0 spiro atoms. The average Bonchev–Trinajstić information content (AvgIpc) is 2.39. The summed E-state index contributed by atoms with van der Waals surface area (Å²) >= 11 is 0. The van der Waals surface area contributed by atoms with Crippen molar-refractivity contribution >= 4 is 6.29 Å². The molecule has 0 saturated heterocycles. The van der Waals surface area contributed by atoms with Crippen LogP contribution in [0.4, 0.5) is 4.39 Å². The zero-order chi connectivity index (χ0) is 12.1. The average molecular weight is 226 g/mol. The summed E-state index contributed by atoms with van der Waals surface area (Å²) in [5.41, 5.74) is 1.08. The lowest BCUT2D eigenvalue weighted by molar-refractivity contribution is 0.112. The van der Waals surface area contributed by atoms with Gasteiger partial charge in [-0.1, -0.05) is 5.92 Å². The number of carbonyl (C=O) groups is 1. The van der Waals surface area contributed by atoms with Crippen molar-refractivity contribution in [2.24, 2.45) is 0 Å². The van der Waals surface area contributed by atoms with Gasteiger partial charge in [0.05, 0.1) is 5.56 Å². The first-order valence-electron chi connectivity index (χ1n) is 4.83. The van der Waals surface area contributed by atoms with E-state index in [1.165, 1.54) is 24.5 Å². The van der Waals surface area contributed by atoms with Crippen molar-refractivity contribution in [3.05, 3.63) is 59.4 Å². The lowest BCUT2D eigenvalue weighted by atomic mass is 10.2. The summed E-state index contributed by atoms with van der Waals surface area (Å²) in [6.45, 7) is 0. The second-order valence-corrected chi connectivity index (χ2v) is 3.21. The van der Waals surface area contributed by atoms with E-state index in [0.29, 0.717) is 23.2 Å². The van der Waals surface area contributed by atoms with Crippen LogP contribution in [0.5, 0.6) is 0 Å². The van der Waals surface area contributed by atoms with Crippen molar-refractivity contribution in [2.45, 2.75) is 0 Å². The molecule has 0 amide bonds. The topological polar surface area (TPSA) is 42.9 Å². The fourth-order valence-corrected chi connectivity index (χ4v) is 1.12. The van der Waals surface area contributed by atoms with Gasteiger partial charge >= 0.3 is 0 Å². The lowest BCUT2D eigenvalue weighted by Crippen LogP contribution is -1.90. The summed E-state index contributed by atoms with van der Waals surface area (Å²) < 4.78 is 12.6. The van der Waals surface area contributed by atoms with Crippen LogP contribution in [-0.2, 0) is 0 Å². The standard InChI is InChI=1S/C13H7FN2O/c14-12-4-1-10(2-5-12)3-6-13-15-7-11(9-17)8-16-13/h1-2,4-5,7-9H. The largest absolute Gasteiger partial charge is 0.298 e. The molecule has 0 aliphatic heterocycles. The van der Waals surface area contributed by atoms with Gasteiger partial charge in [0.1, 0.15) is 5.82 Å². The number of hydrogen-bond acceptors (Lipinski definition) is 3. The van der Waals surface area contributed by atoms with E-state index in [-0.39, 0.29) is 5.82 Å². The summed E-state index contributed by atoms with van der Waals surface area (Å²) in [4.78, 5) is 18.2. The Balaban J connectivity index is 2.20. The quantitative estimate of drug-likeness (QED) is 0.550. The maximum atomic E-state index is 12.6. The Labute approximate surface area is 97.3 Å². The highest BCUT2D eigenvalue weighted by Gasteiger charge is 1.93. The molecule has 17 heavy (non-hydrogen) atoms. The molecule has 0 unspecified atom stereocenters. The van der Waals surface area contributed by atoms with Gasteiger partial charge < -0.3 is 0 Å². The number of hydrogen-bond donors (Lipinski definition) is 0. The van der Waals surface area contributed by atoms with Crippen LogP contribution >= 0.6 is 0 Å². The van der Waals surface area contributed by atoms with Crippen LogP contribution in [0.15, 0.2) is 36.7 Å². The van der Waals surface area contributed by atoms with E-state index in [4.69, 9.17) is 0 Å². The molecule has 0 aliphatic carbocycles. The van der Waals surface area contributed by atoms with E-state index >= 15 is 0 Å². The molecule has 0 saturated carbocycles. The van der Waals surface area contributed by atoms with Crippen LogP contribution in [0.1, 0.15) is 21.7 Å². The van der Waals surface area contributed by atoms with Crippen molar-refractivity contribution in [3.8, 4) is 11.8 Å². The number of halogens is 1. The maximum absolute atomic E-state index is 12.6. The van der Waals surface area contributed by atoms with Gasteiger partial charge in [0.2, 0.25) is 5.82 Å². The van der Waals surface area contributed by atoms with E-state index in [0.717, 1.165) is 0 Å². The van der Waals surface area contributed by atoms with Crippen molar-refractivity contribution in [3.63, 3.8) is 0 Å². The molecule has 0 atom stereocenters. The molecule has 82 valence electrons. The third-order valence-electron chi connectivity index (χ3n) is 1.97. The van der Waals surface area contributed by atoms with E-state index in [2.05, 4.69) is 21.8 Å². The van der Waals surface area contributed by atoms with Crippen molar-refractivity contribution in [1.82, 2.24) is 9.97 Å². The second kappa shape index (κ2) is 4.99. The Morgan fingerprint density at radius 1 is 1.06 bits per heavy atom. The molecule has 0 radical (unpaired) electrons. The fourth-order valence-electron chi connectivity index (χ4n) is 1.12. The predicted molar refractivity (Wildman–Crippen MR) is 59.8 cm³/mol. The SMILES string of the molecule is O=Cc1cnc(C#Cc2ccc(F)cc2)nc1. The number of carbonyl (C=O) groups excluding carboxylic acids is 1.